The van der Waals surface area contributed by atoms with Gasteiger partial charge in [-0.15, -0.1) is 6.58 Å². The quantitative estimate of drug-likeness (QED) is 0.687. The van der Waals surface area contributed by atoms with Crippen LogP contribution in [0.1, 0.15) is 30.9 Å². The van der Waals surface area contributed by atoms with Crippen LogP contribution in [0.2, 0.25) is 0 Å². The normalized spacial score (nSPS) is 22.8. The van der Waals surface area contributed by atoms with E-state index in [1.54, 1.807) is 0 Å². The highest BCUT2D eigenvalue weighted by Gasteiger charge is 2.39. The number of hydrogen-bond donors (Lipinski definition) is 0. The zero-order chi connectivity index (χ0) is 11.8. The summed E-state index contributed by atoms with van der Waals surface area (Å²) >= 11 is 0. The van der Waals surface area contributed by atoms with Crippen LogP contribution in [0, 0.1) is 6.92 Å². The lowest BCUT2D eigenvalue weighted by molar-refractivity contribution is 0.370. The first-order chi connectivity index (χ1) is 7.58. The van der Waals surface area contributed by atoms with Gasteiger partial charge in [0.15, 0.2) is 0 Å². The largest absolute Gasteiger partial charge is 0.461 e. The summed E-state index contributed by atoms with van der Waals surface area (Å²) in [6.07, 6.45) is 3.93. The Bertz CT molecular complexity index is 445. The Morgan fingerprint density at radius 3 is 2.88 bits per heavy atom. The molecule has 1 nitrogen and oxygen atoms in total. The van der Waals surface area contributed by atoms with Gasteiger partial charge in [-0.25, -0.2) is 0 Å². The van der Waals surface area contributed by atoms with Crippen LogP contribution in [-0.2, 0) is 5.41 Å². The van der Waals surface area contributed by atoms with Crippen LogP contribution < -0.4 is 4.74 Å². The van der Waals surface area contributed by atoms with Crippen molar-refractivity contribution < 1.29 is 4.74 Å². The van der Waals surface area contributed by atoms with E-state index in [0.717, 1.165) is 24.4 Å². The van der Waals surface area contributed by atoms with E-state index in [0.29, 0.717) is 0 Å². The van der Waals surface area contributed by atoms with E-state index >= 15 is 0 Å². The summed E-state index contributed by atoms with van der Waals surface area (Å²) < 4.78 is 5.77. The van der Waals surface area contributed by atoms with Crippen LogP contribution in [0.15, 0.2) is 43.2 Å². The van der Waals surface area contributed by atoms with E-state index < -0.39 is 0 Å². The fourth-order valence-electron chi connectivity index (χ4n) is 2.23. The molecule has 16 heavy (non-hydrogen) atoms. The SMILES string of the molecule is C=CCCC1(C)C(=C)Oc2cc(C)ccc21. The molecule has 1 aliphatic heterocycles. The van der Waals surface area contributed by atoms with Crippen molar-refractivity contribution in [1.29, 1.82) is 0 Å². The molecule has 2 rings (SSSR count). The van der Waals surface area contributed by atoms with Crippen molar-refractivity contribution in [3.8, 4) is 5.75 Å². The summed E-state index contributed by atoms with van der Waals surface area (Å²) in [5.41, 5.74) is 2.42. The number of ether oxygens (including phenoxy) is 1. The molecular formula is C15H18O. The molecule has 1 heterocycles. The van der Waals surface area contributed by atoms with Crippen LogP contribution in [0.4, 0.5) is 0 Å². The van der Waals surface area contributed by atoms with Crippen LogP contribution in [0.3, 0.4) is 0 Å². The summed E-state index contributed by atoms with van der Waals surface area (Å²) in [6, 6.07) is 6.37. The Morgan fingerprint density at radius 1 is 1.44 bits per heavy atom. The molecule has 1 aromatic rings. The molecule has 1 aliphatic rings. The third kappa shape index (κ3) is 1.57. The fourth-order valence-corrected chi connectivity index (χ4v) is 2.23. The highest BCUT2D eigenvalue weighted by atomic mass is 16.5. The van der Waals surface area contributed by atoms with E-state index in [1.165, 1.54) is 11.1 Å². The maximum absolute atomic E-state index is 5.77. The average Bonchev–Trinajstić information content (AvgIpc) is 2.48. The molecule has 0 radical (unpaired) electrons. The Morgan fingerprint density at radius 2 is 2.19 bits per heavy atom. The lowest BCUT2D eigenvalue weighted by Crippen LogP contribution is -2.20. The van der Waals surface area contributed by atoms with Crippen LogP contribution >= 0.6 is 0 Å². The van der Waals surface area contributed by atoms with Crippen molar-refractivity contribution in [1.82, 2.24) is 0 Å². The lowest BCUT2D eigenvalue weighted by atomic mass is 9.78. The second-order valence-corrected chi connectivity index (χ2v) is 4.68. The molecule has 0 amide bonds. The van der Waals surface area contributed by atoms with Gasteiger partial charge in [-0.1, -0.05) is 24.8 Å². The van der Waals surface area contributed by atoms with E-state index in [1.807, 2.05) is 6.08 Å². The van der Waals surface area contributed by atoms with Crippen LogP contribution in [-0.4, -0.2) is 0 Å². The molecule has 0 bridgehead atoms. The monoisotopic (exact) mass is 214 g/mol. The molecule has 1 unspecified atom stereocenters. The van der Waals surface area contributed by atoms with Gasteiger partial charge >= 0.3 is 0 Å². The van der Waals surface area contributed by atoms with Gasteiger partial charge in [0.2, 0.25) is 0 Å². The van der Waals surface area contributed by atoms with Crippen molar-refractivity contribution in [3.05, 3.63) is 54.3 Å². The number of fused-ring (bicyclic) bond motifs is 1. The maximum Gasteiger partial charge on any atom is 0.131 e. The number of benzene rings is 1. The summed E-state index contributed by atoms with van der Waals surface area (Å²) in [5.74, 6) is 1.83. The third-order valence-corrected chi connectivity index (χ3v) is 3.43. The van der Waals surface area contributed by atoms with E-state index in [4.69, 9.17) is 4.74 Å². The first kappa shape index (κ1) is 11.0. The highest BCUT2D eigenvalue weighted by Crippen LogP contribution is 2.47. The molecular weight excluding hydrogens is 196 g/mol. The topological polar surface area (TPSA) is 9.23 Å². The number of allylic oxidation sites excluding steroid dienone is 2. The van der Waals surface area contributed by atoms with Gasteiger partial charge in [0.25, 0.3) is 0 Å². The number of hydrogen-bond acceptors (Lipinski definition) is 1. The molecule has 0 spiro atoms. The van der Waals surface area contributed by atoms with Crippen molar-refractivity contribution in [2.75, 3.05) is 0 Å². The van der Waals surface area contributed by atoms with Crippen molar-refractivity contribution in [2.24, 2.45) is 0 Å². The van der Waals surface area contributed by atoms with Crippen molar-refractivity contribution >= 4 is 0 Å². The molecule has 1 atom stereocenters. The van der Waals surface area contributed by atoms with Crippen LogP contribution in [0.5, 0.6) is 5.75 Å². The summed E-state index contributed by atoms with van der Waals surface area (Å²) in [6.45, 7) is 12.1. The summed E-state index contributed by atoms with van der Waals surface area (Å²) in [7, 11) is 0. The standard InChI is InChI=1S/C15H18O/c1-5-6-9-15(4)12(3)16-14-10-11(2)7-8-13(14)15/h5,7-8,10H,1,3,6,9H2,2,4H3. The Balaban J connectivity index is 2.42. The second-order valence-electron chi connectivity index (χ2n) is 4.68. The zero-order valence-electron chi connectivity index (χ0n) is 10.0. The van der Waals surface area contributed by atoms with Gasteiger partial charge in [0, 0.05) is 5.56 Å². The predicted octanol–water partition coefficient (Wildman–Crippen LogP) is 4.13. The number of aryl methyl sites for hydroxylation is 1. The van der Waals surface area contributed by atoms with Gasteiger partial charge in [-0.05, 0) is 38.3 Å². The fraction of sp³-hybridized carbons (Fsp3) is 0.333. The van der Waals surface area contributed by atoms with Gasteiger partial charge in [0.1, 0.15) is 11.5 Å². The van der Waals surface area contributed by atoms with E-state index in [-0.39, 0.29) is 5.41 Å². The molecule has 1 aromatic carbocycles. The first-order valence-corrected chi connectivity index (χ1v) is 5.67. The van der Waals surface area contributed by atoms with Crippen LogP contribution in [0.25, 0.3) is 0 Å². The van der Waals surface area contributed by atoms with Gasteiger partial charge in [0.05, 0.1) is 5.41 Å². The molecule has 0 saturated heterocycles. The van der Waals surface area contributed by atoms with Gasteiger partial charge in [-0.2, -0.15) is 0 Å². The smallest absolute Gasteiger partial charge is 0.131 e. The minimum Gasteiger partial charge on any atom is -0.461 e. The molecule has 0 fully saturated rings. The minimum atomic E-state index is -0.0583. The Kier molecular flexibility index (Phi) is 2.63. The highest BCUT2D eigenvalue weighted by molar-refractivity contribution is 5.51. The minimum absolute atomic E-state index is 0.0583. The molecule has 84 valence electrons. The van der Waals surface area contributed by atoms with Gasteiger partial charge < -0.3 is 4.74 Å². The number of rotatable bonds is 3. The lowest BCUT2D eigenvalue weighted by Gasteiger charge is -2.23. The molecule has 0 aromatic heterocycles. The summed E-state index contributed by atoms with van der Waals surface area (Å²) in [4.78, 5) is 0. The van der Waals surface area contributed by atoms with Crippen molar-refractivity contribution in [2.45, 2.75) is 32.1 Å². The average molecular weight is 214 g/mol. The second kappa shape index (κ2) is 3.82. The molecule has 1 heteroatoms. The molecule has 0 N–H and O–H groups in total. The Labute approximate surface area is 97.4 Å². The maximum atomic E-state index is 5.77. The zero-order valence-corrected chi connectivity index (χ0v) is 10.0. The predicted molar refractivity (Wildman–Crippen MR) is 67.7 cm³/mol. The van der Waals surface area contributed by atoms with Gasteiger partial charge in [-0.3, -0.25) is 0 Å². The summed E-state index contributed by atoms with van der Waals surface area (Å²) in [5, 5.41) is 0. The Hall–Kier alpha value is -1.50. The van der Waals surface area contributed by atoms with E-state index in [2.05, 4.69) is 45.2 Å². The van der Waals surface area contributed by atoms with Crippen molar-refractivity contribution in [3.63, 3.8) is 0 Å². The third-order valence-electron chi connectivity index (χ3n) is 3.43. The molecule has 0 saturated carbocycles. The molecule has 0 aliphatic carbocycles. The first-order valence-electron chi connectivity index (χ1n) is 5.67. The van der Waals surface area contributed by atoms with E-state index in [9.17, 15) is 0 Å².